The first-order valence-corrected chi connectivity index (χ1v) is 13.9. The van der Waals surface area contributed by atoms with E-state index in [1.807, 2.05) is 53.0 Å². The molecule has 8 heteroatoms. The topological polar surface area (TPSA) is 98.6 Å². The smallest absolute Gasteiger partial charge is 0.314 e. The molecule has 0 saturated heterocycles. The summed E-state index contributed by atoms with van der Waals surface area (Å²) >= 11 is 0. The number of carbonyl (C=O) groups is 1. The molecule has 1 aliphatic carbocycles. The van der Waals surface area contributed by atoms with Crippen LogP contribution < -0.4 is 0 Å². The maximum atomic E-state index is 12.9. The Morgan fingerprint density at radius 1 is 1.13 bits per heavy atom. The Balaban J connectivity index is 1.29. The van der Waals surface area contributed by atoms with Crippen molar-refractivity contribution in [3.05, 3.63) is 66.4 Å². The molecule has 0 amide bonds. The second-order valence-electron chi connectivity index (χ2n) is 11.1. The van der Waals surface area contributed by atoms with Crippen LogP contribution in [-0.2, 0) is 22.7 Å². The molecule has 1 fully saturated rings. The minimum atomic E-state index is -0.364. The minimum Gasteiger partial charge on any atom is -0.443 e. The Bertz CT molecular complexity index is 1460. The van der Waals surface area contributed by atoms with Crippen LogP contribution in [0.15, 0.2) is 55.2 Å². The van der Waals surface area contributed by atoms with Crippen molar-refractivity contribution >= 4 is 17.0 Å². The Labute approximate surface area is 229 Å². The molecule has 5 rings (SSSR count). The number of carbonyl (C=O) groups excluding carboxylic acids is 1. The van der Waals surface area contributed by atoms with Gasteiger partial charge in [-0.25, -0.2) is 9.97 Å². The molecule has 0 bridgehead atoms. The lowest BCUT2D eigenvalue weighted by atomic mass is 9.96. The van der Waals surface area contributed by atoms with Crippen LogP contribution in [-0.4, -0.2) is 30.3 Å². The van der Waals surface area contributed by atoms with Crippen molar-refractivity contribution in [3.8, 4) is 17.3 Å². The van der Waals surface area contributed by atoms with Gasteiger partial charge >= 0.3 is 5.97 Å². The second kappa shape index (κ2) is 11.8. The van der Waals surface area contributed by atoms with Crippen molar-refractivity contribution in [1.82, 2.24) is 24.3 Å². The van der Waals surface area contributed by atoms with Crippen LogP contribution in [0.3, 0.4) is 0 Å². The van der Waals surface area contributed by atoms with Gasteiger partial charge in [0.1, 0.15) is 12.0 Å². The van der Waals surface area contributed by atoms with Crippen molar-refractivity contribution < 1.29 is 9.53 Å². The number of fused-ring (bicyclic) bond motifs is 1. The number of nitrogens with zero attached hydrogens (tertiary/aromatic N) is 6. The Morgan fingerprint density at radius 3 is 2.62 bits per heavy atom. The largest absolute Gasteiger partial charge is 0.443 e. The van der Waals surface area contributed by atoms with Gasteiger partial charge in [-0.3, -0.25) is 14.0 Å². The number of hydrogen-bond donors (Lipinski definition) is 0. The molecule has 0 unspecified atom stereocenters. The average molecular weight is 525 g/mol. The van der Waals surface area contributed by atoms with E-state index in [2.05, 4.69) is 47.1 Å². The predicted molar refractivity (Wildman–Crippen MR) is 149 cm³/mol. The number of benzene rings is 1. The van der Waals surface area contributed by atoms with E-state index in [-0.39, 0.29) is 24.7 Å². The van der Waals surface area contributed by atoms with Gasteiger partial charge < -0.3 is 4.74 Å². The molecule has 3 aromatic heterocycles. The summed E-state index contributed by atoms with van der Waals surface area (Å²) in [6.45, 7) is 6.34. The van der Waals surface area contributed by atoms with Crippen LogP contribution in [0.1, 0.15) is 76.0 Å². The average Bonchev–Trinajstić information content (AvgIpc) is 3.71. The van der Waals surface area contributed by atoms with Gasteiger partial charge in [0.15, 0.2) is 6.73 Å². The summed E-state index contributed by atoms with van der Waals surface area (Å²) in [6, 6.07) is 12.6. The predicted octanol–water partition coefficient (Wildman–Crippen LogP) is 6.44. The first-order chi connectivity index (χ1) is 18.9. The van der Waals surface area contributed by atoms with Gasteiger partial charge in [0, 0.05) is 23.3 Å². The van der Waals surface area contributed by atoms with E-state index in [1.54, 1.807) is 0 Å². The van der Waals surface area contributed by atoms with Gasteiger partial charge in [0.25, 0.3) is 0 Å². The number of ether oxygens (including phenoxy) is 1. The summed E-state index contributed by atoms with van der Waals surface area (Å²) in [7, 11) is 0. The van der Waals surface area contributed by atoms with Crippen LogP contribution in [0.2, 0.25) is 0 Å². The lowest BCUT2D eigenvalue weighted by molar-refractivity contribution is -0.148. The van der Waals surface area contributed by atoms with Gasteiger partial charge in [-0.1, -0.05) is 51.0 Å². The molecule has 202 valence electrons. The summed E-state index contributed by atoms with van der Waals surface area (Å²) in [5.41, 5.74) is 4.56. The van der Waals surface area contributed by atoms with E-state index in [4.69, 9.17) is 4.74 Å². The number of esters is 1. The third-order valence-electron chi connectivity index (χ3n) is 7.84. The molecular weight excluding hydrogens is 488 g/mol. The molecular formula is C31H36N6O2. The summed E-state index contributed by atoms with van der Waals surface area (Å²) in [4.78, 5) is 21.9. The second-order valence-corrected chi connectivity index (χ2v) is 11.1. The Morgan fingerprint density at radius 2 is 1.90 bits per heavy atom. The fraction of sp³-hybridized carbons (Fsp3) is 0.452. The van der Waals surface area contributed by atoms with Crippen LogP contribution in [0, 0.1) is 23.2 Å². The fourth-order valence-electron chi connectivity index (χ4n) is 5.70. The number of hydrogen-bond acceptors (Lipinski definition) is 6. The summed E-state index contributed by atoms with van der Waals surface area (Å²) in [5, 5.41) is 14.9. The van der Waals surface area contributed by atoms with Crippen LogP contribution in [0.5, 0.6) is 0 Å². The molecule has 39 heavy (non-hydrogen) atoms. The van der Waals surface area contributed by atoms with E-state index in [0.29, 0.717) is 23.9 Å². The zero-order chi connectivity index (χ0) is 27.4. The van der Waals surface area contributed by atoms with Crippen LogP contribution >= 0.6 is 0 Å². The Kier molecular flexibility index (Phi) is 8.06. The highest BCUT2D eigenvalue weighted by Crippen LogP contribution is 2.36. The summed E-state index contributed by atoms with van der Waals surface area (Å²) in [5.74, 6) is 0.433. The standard InChI is InChI=1S/C31H36N6O2/c1-21(2)16-23-8-10-24(11-9-23)22(3)31(38)39-20-36-15-13-27-29(33-19-34-30(27)36)26-17-35-37(18-26)28(12-14-32)25-6-4-5-7-25/h8-11,13,15,17-19,21-22,25,28H,4-7,12,16,20H2,1-3H3/t22-,28-/m1/s1. The maximum Gasteiger partial charge on any atom is 0.314 e. The molecule has 0 N–H and O–H groups in total. The molecule has 2 atom stereocenters. The number of rotatable bonds is 10. The van der Waals surface area contributed by atoms with Gasteiger partial charge in [0.05, 0.1) is 36.3 Å². The molecule has 4 aromatic rings. The van der Waals surface area contributed by atoms with Gasteiger partial charge in [-0.15, -0.1) is 0 Å². The molecule has 0 radical (unpaired) electrons. The van der Waals surface area contributed by atoms with E-state index in [9.17, 15) is 10.1 Å². The molecule has 0 aliphatic heterocycles. The van der Waals surface area contributed by atoms with E-state index < -0.39 is 0 Å². The Hall–Kier alpha value is -3.99. The number of aromatic nitrogens is 5. The molecule has 8 nitrogen and oxygen atoms in total. The lowest BCUT2D eigenvalue weighted by Gasteiger charge is -2.21. The van der Waals surface area contributed by atoms with E-state index in [1.165, 1.54) is 24.7 Å². The van der Waals surface area contributed by atoms with Gasteiger partial charge in [-0.2, -0.15) is 10.4 Å². The molecule has 3 heterocycles. The SMILES string of the molecule is CC(C)Cc1ccc([C@@H](C)C(=O)OCn2ccc3c(-c4cnn([C@H](CC#N)C5CCCC5)c4)ncnc32)cc1. The zero-order valence-electron chi connectivity index (χ0n) is 23.0. The van der Waals surface area contributed by atoms with Gasteiger partial charge in [0.2, 0.25) is 0 Å². The highest BCUT2D eigenvalue weighted by molar-refractivity contribution is 5.90. The molecule has 1 saturated carbocycles. The third-order valence-corrected chi connectivity index (χ3v) is 7.84. The minimum absolute atomic E-state index is 0.0692. The highest BCUT2D eigenvalue weighted by Gasteiger charge is 2.27. The molecule has 1 aromatic carbocycles. The van der Waals surface area contributed by atoms with E-state index in [0.717, 1.165) is 41.5 Å². The van der Waals surface area contributed by atoms with Crippen molar-refractivity contribution in [1.29, 1.82) is 5.26 Å². The monoisotopic (exact) mass is 524 g/mol. The van der Waals surface area contributed by atoms with Crippen molar-refractivity contribution in [2.75, 3.05) is 0 Å². The highest BCUT2D eigenvalue weighted by atomic mass is 16.5. The van der Waals surface area contributed by atoms with Gasteiger partial charge in [-0.05, 0) is 55.2 Å². The van der Waals surface area contributed by atoms with Crippen LogP contribution in [0.25, 0.3) is 22.3 Å². The summed E-state index contributed by atoms with van der Waals surface area (Å²) < 4.78 is 9.45. The quantitative estimate of drug-likeness (QED) is 0.221. The normalized spacial score (nSPS) is 15.5. The first-order valence-electron chi connectivity index (χ1n) is 13.9. The fourth-order valence-corrected chi connectivity index (χ4v) is 5.70. The number of nitriles is 1. The van der Waals surface area contributed by atoms with Crippen molar-refractivity contribution in [2.45, 2.75) is 78.0 Å². The summed E-state index contributed by atoms with van der Waals surface area (Å²) in [6.07, 6.45) is 13.4. The zero-order valence-corrected chi connectivity index (χ0v) is 23.0. The van der Waals surface area contributed by atoms with Crippen molar-refractivity contribution in [3.63, 3.8) is 0 Å². The van der Waals surface area contributed by atoms with Crippen LogP contribution in [0.4, 0.5) is 0 Å². The van der Waals surface area contributed by atoms with Crippen molar-refractivity contribution in [2.24, 2.45) is 11.8 Å². The molecule has 0 spiro atoms. The third kappa shape index (κ3) is 5.88. The lowest BCUT2D eigenvalue weighted by Crippen LogP contribution is -2.17. The maximum absolute atomic E-state index is 12.9. The molecule has 1 aliphatic rings. The van der Waals surface area contributed by atoms with E-state index >= 15 is 0 Å². The first kappa shape index (κ1) is 26.6.